The average molecular weight is 414 g/mol. The van der Waals surface area contributed by atoms with E-state index in [9.17, 15) is 24.7 Å². The number of nitrogens with one attached hydrogen (secondary N) is 1. The zero-order chi connectivity index (χ0) is 21.7. The van der Waals surface area contributed by atoms with Crippen LogP contribution in [0.25, 0.3) is 0 Å². The summed E-state index contributed by atoms with van der Waals surface area (Å²) in [6, 6.07) is 7.51. The van der Waals surface area contributed by atoms with Gasteiger partial charge in [0.2, 0.25) is 0 Å². The molecule has 1 unspecified atom stereocenters. The van der Waals surface area contributed by atoms with Crippen molar-refractivity contribution in [3.8, 4) is 5.75 Å². The topological polar surface area (TPSA) is 149 Å². The number of aromatic carboxylic acids is 1. The lowest BCUT2D eigenvalue weighted by atomic mass is 9.75. The largest absolute Gasteiger partial charge is 0.507 e. The molecule has 30 heavy (non-hydrogen) atoms. The van der Waals surface area contributed by atoms with Gasteiger partial charge in [0, 0.05) is 31.0 Å². The van der Waals surface area contributed by atoms with Gasteiger partial charge in [-0.15, -0.1) is 0 Å². The van der Waals surface area contributed by atoms with Gasteiger partial charge in [-0.1, -0.05) is 12.1 Å². The molecule has 0 spiro atoms. The molecule has 9 nitrogen and oxygen atoms in total. The number of hydrogen-bond donors (Lipinski definition) is 5. The molecule has 5 N–H and O–H groups in total. The molecule has 0 radical (unpaired) electrons. The molecule has 1 saturated heterocycles. The van der Waals surface area contributed by atoms with Gasteiger partial charge in [-0.2, -0.15) is 0 Å². The second-order valence-electron chi connectivity index (χ2n) is 7.17. The van der Waals surface area contributed by atoms with Crippen LogP contribution in [0.2, 0.25) is 0 Å². The Morgan fingerprint density at radius 3 is 2.53 bits per heavy atom. The fourth-order valence-electron chi connectivity index (χ4n) is 3.42. The lowest BCUT2D eigenvalue weighted by molar-refractivity contribution is 0.0693. The third-order valence-corrected chi connectivity index (χ3v) is 5.15. The summed E-state index contributed by atoms with van der Waals surface area (Å²) in [6.45, 7) is 1.36. The first-order valence-corrected chi connectivity index (χ1v) is 9.61. The van der Waals surface area contributed by atoms with Crippen molar-refractivity contribution in [2.24, 2.45) is 0 Å². The zero-order valence-electron chi connectivity index (χ0n) is 16.2. The number of carboxylic acid groups (broad SMARTS) is 1. The van der Waals surface area contributed by atoms with Gasteiger partial charge in [0.05, 0.1) is 11.5 Å². The molecule has 10 heteroatoms. The molecule has 1 amide bonds. The van der Waals surface area contributed by atoms with Crippen LogP contribution in [-0.2, 0) is 11.2 Å². The molecule has 1 aliphatic heterocycles. The number of benzene rings is 1. The molecule has 2 heterocycles. The lowest BCUT2D eigenvalue weighted by Crippen LogP contribution is -2.48. The van der Waals surface area contributed by atoms with Crippen molar-refractivity contribution in [1.82, 2.24) is 10.3 Å². The number of rotatable bonds is 7. The number of para-hydroxylation sites is 1. The summed E-state index contributed by atoms with van der Waals surface area (Å²) in [4.78, 5) is 28.1. The maximum absolute atomic E-state index is 12.5. The molecular formula is C20H23BN2O7. The predicted octanol–water partition coefficient (Wildman–Crippen LogP) is 0.732. The highest BCUT2D eigenvalue weighted by atomic mass is 16.5. The minimum Gasteiger partial charge on any atom is -0.507 e. The van der Waals surface area contributed by atoms with Crippen LogP contribution in [0.15, 0.2) is 36.5 Å². The average Bonchev–Trinajstić information content (AvgIpc) is 2.75. The van der Waals surface area contributed by atoms with E-state index >= 15 is 0 Å². The highest BCUT2D eigenvalue weighted by Crippen LogP contribution is 2.26. The third kappa shape index (κ3) is 5.15. The second-order valence-corrected chi connectivity index (χ2v) is 7.17. The van der Waals surface area contributed by atoms with Crippen molar-refractivity contribution in [1.29, 1.82) is 0 Å². The van der Waals surface area contributed by atoms with Gasteiger partial charge in [-0.25, -0.2) is 4.79 Å². The van der Waals surface area contributed by atoms with E-state index in [1.54, 1.807) is 12.1 Å². The quantitative estimate of drug-likeness (QED) is 0.417. The Kier molecular flexibility index (Phi) is 7.04. The van der Waals surface area contributed by atoms with E-state index < -0.39 is 30.7 Å². The number of aromatic nitrogens is 1. The summed E-state index contributed by atoms with van der Waals surface area (Å²) in [6.07, 6.45) is 3.00. The van der Waals surface area contributed by atoms with Gasteiger partial charge in [0.15, 0.2) is 0 Å². The van der Waals surface area contributed by atoms with Gasteiger partial charge in [0.25, 0.3) is 5.91 Å². The first kappa shape index (κ1) is 21.8. The molecule has 0 bridgehead atoms. The van der Waals surface area contributed by atoms with Crippen molar-refractivity contribution in [2.45, 2.75) is 31.1 Å². The van der Waals surface area contributed by atoms with E-state index in [0.717, 1.165) is 18.5 Å². The fraction of sp³-hybridized carbons (Fsp3) is 0.350. The van der Waals surface area contributed by atoms with Gasteiger partial charge < -0.3 is 30.3 Å². The smallest absolute Gasteiger partial charge is 0.475 e. The predicted molar refractivity (Wildman–Crippen MR) is 107 cm³/mol. The van der Waals surface area contributed by atoms with Crippen molar-refractivity contribution in [3.05, 3.63) is 58.9 Å². The van der Waals surface area contributed by atoms with Crippen molar-refractivity contribution in [2.75, 3.05) is 13.2 Å². The Labute approximate surface area is 173 Å². The van der Waals surface area contributed by atoms with Crippen LogP contribution in [0, 0.1) is 0 Å². The third-order valence-electron chi connectivity index (χ3n) is 5.15. The van der Waals surface area contributed by atoms with Gasteiger partial charge in [-0.05, 0) is 43.0 Å². The Morgan fingerprint density at radius 1 is 1.20 bits per heavy atom. The van der Waals surface area contributed by atoms with E-state index in [1.165, 1.54) is 24.4 Å². The number of nitrogens with zero attached hydrogens (tertiary/aromatic N) is 1. The number of hydrogen-bond acceptors (Lipinski definition) is 7. The maximum atomic E-state index is 12.5. The molecule has 2 aromatic rings. The molecule has 1 fully saturated rings. The van der Waals surface area contributed by atoms with E-state index in [2.05, 4.69) is 10.3 Å². The Balaban J connectivity index is 1.70. The first-order valence-electron chi connectivity index (χ1n) is 9.61. The summed E-state index contributed by atoms with van der Waals surface area (Å²) < 4.78 is 5.34. The number of carbonyl (C=O) groups is 2. The van der Waals surface area contributed by atoms with Crippen LogP contribution in [0.3, 0.4) is 0 Å². The SMILES string of the molecule is O=C(NC(Cc1cccc(C(=O)O)c1O)B(O)O)c1ccc(C2CCOCC2)nc1. The maximum Gasteiger partial charge on any atom is 0.475 e. The van der Waals surface area contributed by atoms with Crippen molar-refractivity contribution in [3.63, 3.8) is 0 Å². The minimum atomic E-state index is -1.92. The highest BCUT2D eigenvalue weighted by Gasteiger charge is 2.28. The van der Waals surface area contributed by atoms with Crippen LogP contribution in [-0.4, -0.2) is 63.4 Å². The second kappa shape index (κ2) is 9.70. The summed E-state index contributed by atoms with van der Waals surface area (Å²) in [5.74, 6) is -3.23. The summed E-state index contributed by atoms with van der Waals surface area (Å²) >= 11 is 0. The fourth-order valence-corrected chi connectivity index (χ4v) is 3.42. The summed E-state index contributed by atoms with van der Waals surface area (Å²) in [7, 11) is -1.92. The summed E-state index contributed by atoms with van der Waals surface area (Å²) in [5, 5.41) is 41.1. The van der Waals surface area contributed by atoms with Crippen molar-refractivity contribution >= 4 is 19.0 Å². The highest BCUT2D eigenvalue weighted by molar-refractivity contribution is 6.43. The Morgan fingerprint density at radius 2 is 1.93 bits per heavy atom. The van der Waals surface area contributed by atoms with Crippen LogP contribution in [0.1, 0.15) is 50.7 Å². The number of ether oxygens (including phenoxy) is 1. The van der Waals surface area contributed by atoms with Crippen LogP contribution >= 0.6 is 0 Å². The number of pyridine rings is 1. The molecule has 1 atom stereocenters. The number of carboxylic acids is 1. The van der Waals surface area contributed by atoms with Gasteiger partial charge in [0.1, 0.15) is 11.3 Å². The number of phenols is 1. The molecule has 158 valence electrons. The lowest BCUT2D eigenvalue weighted by Gasteiger charge is -2.22. The van der Waals surface area contributed by atoms with E-state index in [4.69, 9.17) is 9.84 Å². The molecule has 0 saturated carbocycles. The van der Waals surface area contributed by atoms with Crippen LogP contribution in [0.4, 0.5) is 0 Å². The molecule has 3 rings (SSSR count). The van der Waals surface area contributed by atoms with Gasteiger partial charge in [-0.3, -0.25) is 9.78 Å². The molecule has 1 aliphatic rings. The van der Waals surface area contributed by atoms with E-state index in [1.807, 2.05) is 0 Å². The minimum absolute atomic E-state index is 0.168. The van der Waals surface area contributed by atoms with Crippen LogP contribution in [0.5, 0.6) is 5.75 Å². The Bertz CT molecular complexity index is 899. The van der Waals surface area contributed by atoms with E-state index in [-0.39, 0.29) is 29.0 Å². The molecule has 1 aromatic carbocycles. The summed E-state index contributed by atoms with van der Waals surface area (Å²) in [5.41, 5.74) is 0.989. The van der Waals surface area contributed by atoms with Crippen LogP contribution < -0.4 is 5.32 Å². The van der Waals surface area contributed by atoms with Gasteiger partial charge >= 0.3 is 13.1 Å². The molecule has 0 aliphatic carbocycles. The Hall–Kier alpha value is -2.95. The normalized spacial score (nSPS) is 15.4. The number of carbonyl (C=O) groups excluding carboxylic acids is 1. The monoisotopic (exact) mass is 414 g/mol. The number of amides is 1. The molecule has 1 aromatic heterocycles. The van der Waals surface area contributed by atoms with E-state index in [0.29, 0.717) is 13.2 Å². The molecular weight excluding hydrogens is 391 g/mol. The van der Waals surface area contributed by atoms with Crippen molar-refractivity contribution < 1.29 is 34.6 Å². The first-order chi connectivity index (χ1) is 14.4. The number of aromatic hydroxyl groups is 1. The standard InChI is InChI=1S/C20H23BN2O7/c24-18-13(2-1-3-15(18)20(26)27)10-17(21(28)29)23-19(25)14-4-5-16(22-11-14)12-6-8-30-9-7-12/h1-5,11-12,17,24,28-29H,6-10H2,(H,23,25)(H,26,27). The zero-order valence-corrected chi connectivity index (χ0v) is 16.2.